The van der Waals surface area contributed by atoms with Gasteiger partial charge in [0, 0.05) is 0 Å². The minimum absolute atomic E-state index is 0.284. The lowest BCUT2D eigenvalue weighted by atomic mass is 10.0. The van der Waals surface area contributed by atoms with Crippen molar-refractivity contribution < 1.29 is 9.90 Å². The van der Waals surface area contributed by atoms with Gasteiger partial charge in [-0.25, -0.2) is 0 Å². The highest BCUT2D eigenvalue weighted by Gasteiger charge is 2.46. The molecule has 0 aliphatic heterocycles. The average Bonchev–Trinajstić information content (AvgIpc) is 3.29. The fourth-order valence-electron chi connectivity index (χ4n) is 2.46. The van der Waals surface area contributed by atoms with Gasteiger partial charge in [-0.2, -0.15) is 0 Å². The highest BCUT2D eigenvalue weighted by molar-refractivity contribution is 5.83. The molecule has 0 heterocycles. The highest BCUT2D eigenvalue weighted by atomic mass is 16.3. The van der Waals surface area contributed by atoms with Gasteiger partial charge < -0.3 is 10.4 Å². The molecule has 1 saturated carbocycles. The molecule has 1 atom stereocenters. The van der Waals surface area contributed by atoms with E-state index in [1.54, 1.807) is 12.1 Å². The van der Waals surface area contributed by atoms with E-state index in [9.17, 15) is 9.90 Å². The summed E-state index contributed by atoms with van der Waals surface area (Å²) in [5, 5.41) is 13.1. The molecule has 0 radical (unpaired) electrons. The second kappa shape index (κ2) is 5.10. The summed E-state index contributed by atoms with van der Waals surface area (Å²) in [5.74, 6) is -0.336. The van der Waals surface area contributed by atoms with Crippen molar-refractivity contribution in [3.8, 4) is 0 Å². The number of hydrogen-bond acceptors (Lipinski definition) is 2. The largest absolute Gasteiger partial charge is 0.378 e. The molecule has 0 bridgehead atoms. The van der Waals surface area contributed by atoms with Crippen LogP contribution in [0.5, 0.6) is 0 Å². The van der Waals surface area contributed by atoms with E-state index in [0.29, 0.717) is 5.56 Å². The molecule has 0 aromatic heterocycles. The summed E-state index contributed by atoms with van der Waals surface area (Å²) in [4.78, 5) is 12.2. The quantitative estimate of drug-likeness (QED) is 0.894. The van der Waals surface area contributed by atoms with Crippen molar-refractivity contribution in [2.45, 2.75) is 24.5 Å². The van der Waals surface area contributed by atoms with Crippen LogP contribution in [0, 0.1) is 0 Å². The van der Waals surface area contributed by atoms with E-state index in [0.717, 1.165) is 18.4 Å². The molecule has 1 aliphatic rings. The van der Waals surface area contributed by atoms with Gasteiger partial charge in [-0.05, 0) is 24.0 Å². The fourth-order valence-corrected chi connectivity index (χ4v) is 2.46. The SMILES string of the molecule is O=C(NC1(c2ccccc2)CC1)[C@H](O)c1ccccc1. The standard InChI is InChI=1S/C17H17NO2/c19-15(13-7-3-1-4-8-13)16(20)18-17(11-12-17)14-9-5-2-6-10-14/h1-10,15,19H,11-12H2,(H,18,20)/t15-/m1/s1. The van der Waals surface area contributed by atoms with E-state index >= 15 is 0 Å². The minimum atomic E-state index is -1.11. The van der Waals surface area contributed by atoms with Crippen molar-refractivity contribution in [2.24, 2.45) is 0 Å². The van der Waals surface area contributed by atoms with Crippen molar-refractivity contribution in [1.82, 2.24) is 5.32 Å². The molecule has 3 rings (SSSR count). The summed E-state index contributed by atoms with van der Waals surface area (Å²) in [5.41, 5.74) is 1.44. The van der Waals surface area contributed by atoms with Crippen molar-refractivity contribution in [1.29, 1.82) is 0 Å². The number of rotatable bonds is 4. The molecule has 2 aromatic carbocycles. The Morgan fingerprint density at radius 2 is 1.55 bits per heavy atom. The average molecular weight is 267 g/mol. The lowest BCUT2D eigenvalue weighted by Gasteiger charge is -2.20. The predicted molar refractivity (Wildman–Crippen MR) is 76.9 cm³/mol. The molecule has 20 heavy (non-hydrogen) atoms. The van der Waals surface area contributed by atoms with Crippen LogP contribution in [0.15, 0.2) is 60.7 Å². The molecule has 1 fully saturated rings. The molecule has 1 aliphatic carbocycles. The van der Waals surface area contributed by atoms with E-state index in [4.69, 9.17) is 0 Å². The van der Waals surface area contributed by atoms with Crippen LogP contribution in [0.25, 0.3) is 0 Å². The van der Waals surface area contributed by atoms with Gasteiger partial charge in [-0.3, -0.25) is 4.79 Å². The molecule has 0 saturated heterocycles. The van der Waals surface area contributed by atoms with Crippen molar-refractivity contribution in [2.75, 3.05) is 0 Å². The van der Waals surface area contributed by atoms with Crippen molar-refractivity contribution in [3.63, 3.8) is 0 Å². The van der Waals surface area contributed by atoms with E-state index in [1.165, 1.54) is 0 Å². The number of benzene rings is 2. The van der Waals surface area contributed by atoms with Crippen LogP contribution in [0.1, 0.15) is 30.1 Å². The van der Waals surface area contributed by atoms with Gasteiger partial charge in [0.2, 0.25) is 0 Å². The first-order valence-electron chi connectivity index (χ1n) is 6.82. The van der Waals surface area contributed by atoms with E-state index in [2.05, 4.69) is 5.32 Å². The van der Waals surface area contributed by atoms with Crippen LogP contribution in [0.2, 0.25) is 0 Å². The minimum Gasteiger partial charge on any atom is -0.378 e. The van der Waals surface area contributed by atoms with Crippen LogP contribution in [0.3, 0.4) is 0 Å². The van der Waals surface area contributed by atoms with Gasteiger partial charge in [-0.15, -0.1) is 0 Å². The van der Waals surface area contributed by atoms with E-state index in [-0.39, 0.29) is 11.4 Å². The fraction of sp³-hybridized carbons (Fsp3) is 0.235. The van der Waals surface area contributed by atoms with E-state index in [1.807, 2.05) is 48.5 Å². The predicted octanol–water partition coefficient (Wildman–Crippen LogP) is 2.53. The summed E-state index contributed by atoms with van der Waals surface area (Å²) >= 11 is 0. The Bertz CT molecular complexity index is 591. The zero-order chi connectivity index (χ0) is 14.0. The second-order valence-corrected chi connectivity index (χ2v) is 5.25. The van der Waals surface area contributed by atoms with E-state index < -0.39 is 6.10 Å². The number of hydrogen-bond donors (Lipinski definition) is 2. The third kappa shape index (κ3) is 2.45. The van der Waals surface area contributed by atoms with Gasteiger partial charge in [-0.1, -0.05) is 60.7 Å². The summed E-state index contributed by atoms with van der Waals surface area (Å²) in [6.45, 7) is 0. The van der Waals surface area contributed by atoms with Crippen LogP contribution >= 0.6 is 0 Å². The molecule has 2 N–H and O–H groups in total. The zero-order valence-corrected chi connectivity index (χ0v) is 11.1. The number of aliphatic hydroxyl groups excluding tert-OH is 1. The summed E-state index contributed by atoms with van der Waals surface area (Å²) in [6.07, 6.45) is 0.728. The third-order valence-corrected chi connectivity index (χ3v) is 3.80. The first kappa shape index (κ1) is 12.9. The van der Waals surface area contributed by atoms with Gasteiger partial charge in [0.25, 0.3) is 5.91 Å². The smallest absolute Gasteiger partial charge is 0.254 e. The normalized spacial score (nSPS) is 17.2. The van der Waals surface area contributed by atoms with Crippen LogP contribution < -0.4 is 5.32 Å². The Hall–Kier alpha value is -2.13. The highest BCUT2D eigenvalue weighted by Crippen LogP contribution is 2.45. The maximum Gasteiger partial charge on any atom is 0.254 e. The number of carbonyl (C=O) groups is 1. The summed E-state index contributed by atoms with van der Waals surface area (Å²) < 4.78 is 0. The molecule has 0 unspecified atom stereocenters. The van der Waals surface area contributed by atoms with Gasteiger partial charge in [0.1, 0.15) is 0 Å². The number of aliphatic hydroxyl groups is 1. The Morgan fingerprint density at radius 3 is 2.10 bits per heavy atom. The first-order valence-corrected chi connectivity index (χ1v) is 6.82. The number of carbonyl (C=O) groups excluding carboxylic acids is 1. The maximum absolute atomic E-state index is 12.2. The van der Waals surface area contributed by atoms with Crippen LogP contribution in [-0.4, -0.2) is 11.0 Å². The first-order chi connectivity index (χ1) is 9.71. The Balaban J connectivity index is 1.74. The van der Waals surface area contributed by atoms with Gasteiger partial charge in [0.05, 0.1) is 5.54 Å². The Kier molecular flexibility index (Phi) is 3.28. The third-order valence-electron chi connectivity index (χ3n) is 3.80. The Labute approximate surface area is 118 Å². The molecular weight excluding hydrogens is 250 g/mol. The van der Waals surface area contributed by atoms with Crippen molar-refractivity contribution in [3.05, 3.63) is 71.8 Å². The van der Waals surface area contributed by atoms with Crippen LogP contribution in [0.4, 0.5) is 0 Å². The molecule has 3 heteroatoms. The maximum atomic E-state index is 12.2. The van der Waals surface area contributed by atoms with Gasteiger partial charge >= 0.3 is 0 Å². The molecule has 1 amide bonds. The molecule has 3 nitrogen and oxygen atoms in total. The second-order valence-electron chi connectivity index (χ2n) is 5.25. The molecule has 2 aromatic rings. The lowest BCUT2D eigenvalue weighted by molar-refractivity contribution is -0.130. The monoisotopic (exact) mass is 267 g/mol. The van der Waals surface area contributed by atoms with Gasteiger partial charge in [0.15, 0.2) is 6.10 Å². The molecule has 0 spiro atoms. The number of nitrogens with one attached hydrogen (secondary N) is 1. The molecular formula is C17H17NO2. The summed E-state index contributed by atoms with van der Waals surface area (Å²) in [6, 6.07) is 18.9. The lowest BCUT2D eigenvalue weighted by Crippen LogP contribution is -2.38. The molecule has 102 valence electrons. The van der Waals surface area contributed by atoms with Crippen LogP contribution in [-0.2, 0) is 10.3 Å². The Morgan fingerprint density at radius 1 is 1.00 bits per heavy atom. The topological polar surface area (TPSA) is 49.3 Å². The summed E-state index contributed by atoms with van der Waals surface area (Å²) in [7, 11) is 0. The van der Waals surface area contributed by atoms with Crippen molar-refractivity contribution >= 4 is 5.91 Å². The number of amides is 1. The zero-order valence-electron chi connectivity index (χ0n) is 11.1.